The highest BCUT2D eigenvalue weighted by Crippen LogP contribution is 2.39. The van der Waals surface area contributed by atoms with Crippen LogP contribution in [0.2, 0.25) is 10.0 Å². The highest BCUT2D eigenvalue weighted by Gasteiger charge is 2.18. The minimum absolute atomic E-state index is 0.0320. The molecule has 0 aromatic heterocycles. The van der Waals surface area contributed by atoms with E-state index in [2.05, 4.69) is 34.1 Å². The Morgan fingerprint density at radius 2 is 1.84 bits per heavy atom. The fourth-order valence-electron chi connectivity index (χ4n) is 2.25. The van der Waals surface area contributed by atoms with Crippen molar-refractivity contribution in [3.8, 4) is 0 Å². The van der Waals surface area contributed by atoms with Gasteiger partial charge in [0.05, 0.1) is 28.1 Å². The van der Waals surface area contributed by atoms with Gasteiger partial charge in [-0.3, -0.25) is 0 Å². The molecule has 0 amide bonds. The molecule has 2 aromatic carbocycles. The predicted molar refractivity (Wildman–Crippen MR) is 82.2 cm³/mol. The van der Waals surface area contributed by atoms with Crippen LogP contribution < -0.4 is 0 Å². The topological polar surface area (TPSA) is 9.23 Å². The summed E-state index contributed by atoms with van der Waals surface area (Å²) in [5.41, 5.74) is 4.65. The van der Waals surface area contributed by atoms with E-state index in [4.69, 9.17) is 27.9 Å². The van der Waals surface area contributed by atoms with Gasteiger partial charge in [-0.05, 0) is 28.3 Å². The minimum atomic E-state index is 0.0320. The van der Waals surface area contributed by atoms with E-state index in [9.17, 15) is 0 Å². The fraction of sp³-hybridized carbons (Fsp3) is 0.200. The van der Waals surface area contributed by atoms with Crippen LogP contribution in [0, 0.1) is 0 Å². The van der Waals surface area contributed by atoms with Gasteiger partial charge in [-0.2, -0.15) is 0 Å². The van der Waals surface area contributed by atoms with Gasteiger partial charge in [0.15, 0.2) is 0 Å². The number of ether oxygens (including phenoxy) is 1. The lowest BCUT2D eigenvalue weighted by molar-refractivity contribution is 0.134. The van der Waals surface area contributed by atoms with Crippen LogP contribution in [0.3, 0.4) is 0 Å². The van der Waals surface area contributed by atoms with E-state index in [1.807, 2.05) is 12.1 Å². The first kappa shape index (κ1) is 13.4. The maximum Gasteiger partial charge on any atom is 0.0725 e. The molecule has 0 N–H and O–H groups in total. The summed E-state index contributed by atoms with van der Waals surface area (Å²) in [6, 6.07) is 12.1. The molecule has 0 fully saturated rings. The Morgan fingerprint density at radius 1 is 1.05 bits per heavy atom. The van der Waals surface area contributed by atoms with E-state index in [-0.39, 0.29) is 4.83 Å². The zero-order valence-electron chi connectivity index (χ0n) is 10.00. The van der Waals surface area contributed by atoms with Crippen LogP contribution in [0.15, 0.2) is 36.4 Å². The van der Waals surface area contributed by atoms with Crippen LogP contribution in [-0.4, -0.2) is 0 Å². The highest BCUT2D eigenvalue weighted by molar-refractivity contribution is 9.09. The maximum atomic E-state index is 6.27. The Labute approximate surface area is 130 Å². The number of hydrogen-bond donors (Lipinski definition) is 0. The summed E-state index contributed by atoms with van der Waals surface area (Å²) in [6.07, 6.45) is 0. The molecule has 1 heterocycles. The van der Waals surface area contributed by atoms with Gasteiger partial charge in [0.2, 0.25) is 0 Å². The highest BCUT2D eigenvalue weighted by atomic mass is 79.9. The molecule has 4 heteroatoms. The van der Waals surface area contributed by atoms with Gasteiger partial charge in [0, 0.05) is 0 Å². The maximum absolute atomic E-state index is 6.27. The number of halogens is 3. The first-order chi connectivity index (χ1) is 9.16. The summed E-state index contributed by atoms with van der Waals surface area (Å²) in [5, 5.41) is 1.18. The van der Waals surface area contributed by atoms with Crippen molar-refractivity contribution in [1.82, 2.24) is 0 Å². The van der Waals surface area contributed by atoms with Crippen LogP contribution in [0.25, 0.3) is 0 Å². The molecular weight excluding hydrogens is 347 g/mol. The second-order valence-corrected chi connectivity index (χ2v) is 6.23. The number of fused-ring (bicyclic) bond motifs is 1. The third kappa shape index (κ3) is 2.55. The zero-order chi connectivity index (χ0) is 13.4. The van der Waals surface area contributed by atoms with Crippen molar-refractivity contribution in [2.75, 3.05) is 0 Å². The van der Waals surface area contributed by atoms with Gasteiger partial charge >= 0.3 is 0 Å². The van der Waals surface area contributed by atoms with E-state index in [0.717, 1.165) is 11.1 Å². The van der Waals surface area contributed by atoms with Crippen LogP contribution in [0.1, 0.15) is 27.1 Å². The summed E-state index contributed by atoms with van der Waals surface area (Å²) < 4.78 is 5.44. The summed E-state index contributed by atoms with van der Waals surface area (Å²) in [7, 11) is 0. The number of alkyl halides is 1. The van der Waals surface area contributed by atoms with Crippen molar-refractivity contribution in [2.45, 2.75) is 18.0 Å². The first-order valence-electron chi connectivity index (χ1n) is 5.94. The number of hydrogen-bond acceptors (Lipinski definition) is 1. The first-order valence-corrected chi connectivity index (χ1v) is 7.61. The molecule has 1 nitrogen and oxygen atoms in total. The Bertz CT molecular complexity index is 628. The normalized spacial score (nSPS) is 15.3. The zero-order valence-corrected chi connectivity index (χ0v) is 13.1. The van der Waals surface area contributed by atoms with Gasteiger partial charge in [0.25, 0.3) is 0 Å². The molecule has 3 rings (SSSR count). The SMILES string of the molecule is Clc1cccc(C(Br)c2ccc3c(c2)COC3)c1Cl. The van der Waals surface area contributed by atoms with E-state index in [1.165, 1.54) is 11.1 Å². The van der Waals surface area contributed by atoms with Crippen molar-refractivity contribution in [2.24, 2.45) is 0 Å². The molecule has 1 aliphatic heterocycles. The van der Waals surface area contributed by atoms with Gasteiger partial charge in [-0.1, -0.05) is 69.5 Å². The van der Waals surface area contributed by atoms with Crippen LogP contribution in [-0.2, 0) is 18.0 Å². The lowest BCUT2D eigenvalue weighted by atomic mass is 10.0. The molecule has 1 unspecified atom stereocenters. The van der Waals surface area contributed by atoms with E-state index < -0.39 is 0 Å². The van der Waals surface area contributed by atoms with Gasteiger partial charge in [0.1, 0.15) is 0 Å². The quantitative estimate of drug-likeness (QED) is 0.644. The summed E-state index contributed by atoms with van der Waals surface area (Å²) in [5.74, 6) is 0. The molecule has 0 radical (unpaired) electrons. The average Bonchev–Trinajstić information content (AvgIpc) is 2.88. The van der Waals surface area contributed by atoms with Crippen molar-refractivity contribution in [3.05, 3.63) is 68.7 Å². The van der Waals surface area contributed by atoms with Crippen molar-refractivity contribution >= 4 is 39.1 Å². The molecular formula is C15H11BrCl2O. The van der Waals surface area contributed by atoms with Crippen molar-refractivity contribution in [1.29, 1.82) is 0 Å². The second kappa shape index (κ2) is 5.45. The van der Waals surface area contributed by atoms with E-state index in [0.29, 0.717) is 23.3 Å². The summed E-state index contributed by atoms with van der Waals surface area (Å²) in [6.45, 7) is 1.40. The largest absolute Gasteiger partial charge is 0.372 e. The molecule has 0 saturated carbocycles. The van der Waals surface area contributed by atoms with Crippen molar-refractivity contribution in [3.63, 3.8) is 0 Å². The third-order valence-electron chi connectivity index (χ3n) is 3.29. The Morgan fingerprint density at radius 3 is 2.68 bits per heavy atom. The predicted octanol–water partition coefficient (Wildman–Crippen LogP) is 5.51. The van der Waals surface area contributed by atoms with Crippen LogP contribution in [0.5, 0.6) is 0 Å². The molecule has 98 valence electrons. The lowest BCUT2D eigenvalue weighted by Crippen LogP contribution is -1.96. The molecule has 0 spiro atoms. The number of benzene rings is 2. The summed E-state index contributed by atoms with van der Waals surface area (Å²) in [4.78, 5) is 0.0320. The van der Waals surface area contributed by atoms with Gasteiger partial charge in [-0.25, -0.2) is 0 Å². The van der Waals surface area contributed by atoms with E-state index in [1.54, 1.807) is 6.07 Å². The molecule has 1 aliphatic rings. The molecule has 0 saturated heterocycles. The Kier molecular flexibility index (Phi) is 3.86. The second-order valence-electron chi connectivity index (χ2n) is 4.53. The van der Waals surface area contributed by atoms with E-state index >= 15 is 0 Å². The van der Waals surface area contributed by atoms with Gasteiger partial charge in [-0.15, -0.1) is 0 Å². The average molecular weight is 358 g/mol. The van der Waals surface area contributed by atoms with Crippen molar-refractivity contribution < 1.29 is 4.74 Å². The third-order valence-corrected chi connectivity index (χ3v) is 5.15. The molecule has 0 bridgehead atoms. The molecule has 1 atom stereocenters. The monoisotopic (exact) mass is 356 g/mol. The molecule has 19 heavy (non-hydrogen) atoms. The van der Waals surface area contributed by atoms with Gasteiger partial charge < -0.3 is 4.74 Å². The fourth-order valence-corrected chi connectivity index (χ4v) is 3.46. The van der Waals surface area contributed by atoms with Crippen LogP contribution >= 0.6 is 39.1 Å². The lowest BCUT2D eigenvalue weighted by Gasteiger charge is -2.14. The Hall–Kier alpha value is -0.540. The molecule has 0 aliphatic carbocycles. The van der Waals surface area contributed by atoms with Crippen LogP contribution in [0.4, 0.5) is 0 Å². The molecule has 2 aromatic rings. The summed E-state index contributed by atoms with van der Waals surface area (Å²) >= 11 is 16.0. The standard InChI is InChI=1S/C15H11BrCl2O/c16-14(12-2-1-3-13(17)15(12)18)9-4-5-10-7-19-8-11(10)6-9/h1-6,14H,7-8H2. The smallest absolute Gasteiger partial charge is 0.0725 e. The minimum Gasteiger partial charge on any atom is -0.372 e. The number of rotatable bonds is 2. The Balaban J connectivity index is 2.00.